The fourth-order valence-corrected chi connectivity index (χ4v) is 3.90. The van der Waals surface area contributed by atoms with Gasteiger partial charge in [0.05, 0.1) is 16.9 Å². The minimum atomic E-state index is -0.358. The van der Waals surface area contributed by atoms with Gasteiger partial charge in [0.25, 0.3) is 0 Å². The Labute approximate surface area is 195 Å². The number of hydrazone groups is 1. The Balaban J connectivity index is 1.40. The Kier molecular flexibility index (Phi) is 6.69. The van der Waals surface area contributed by atoms with Crippen molar-refractivity contribution in [2.24, 2.45) is 5.10 Å². The van der Waals surface area contributed by atoms with Gasteiger partial charge in [-0.3, -0.25) is 9.59 Å². The first kappa shape index (κ1) is 21.8. The van der Waals surface area contributed by atoms with E-state index in [-0.39, 0.29) is 24.7 Å². The van der Waals surface area contributed by atoms with Gasteiger partial charge < -0.3 is 5.32 Å². The third-order valence-electron chi connectivity index (χ3n) is 4.98. The Morgan fingerprint density at radius 1 is 0.812 bits per heavy atom. The van der Waals surface area contributed by atoms with E-state index >= 15 is 0 Å². The third kappa shape index (κ3) is 5.07. The lowest BCUT2D eigenvalue weighted by molar-refractivity contribution is -0.124. The maximum Gasteiger partial charge on any atom is 0.240 e. The number of hydrogen-bond donors (Lipinski definition) is 2. The van der Waals surface area contributed by atoms with Crippen molar-refractivity contribution in [2.75, 3.05) is 5.32 Å². The van der Waals surface area contributed by atoms with Crippen LogP contribution in [0.15, 0.2) is 77.9 Å². The number of halogens is 2. The monoisotopic (exact) mass is 463 g/mol. The average molecular weight is 464 g/mol. The van der Waals surface area contributed by atoms with Crippen molar-refractivity contribution in [1.82, 2.24) is 5.43 Å². The van der Waals surface area contributed by atoms with E-state index in [1.165, 1.54) is 6.07 Å². The van der Waals surface area contributed by atoms with Crippen LogP contribution in [0, 0.1) is 0 Å². The van der Waals surface area contributed by atoms with E-state index in [1.807, 2.05) is 48.5 Å². The molecule has 4 rings (SSSR count). The number of hydrogen-bond acceptors (Lipinski definition) is 3. The van der Waals surface area contributed by atoms with Crippen molar-refractivity contribution in [3.05, 3.63) is 88.4 Å². The van der Waals surface area contributed by atoms with Crippen LogP contribution in [0.3, 0.4) is 0 Å². The normalized spacial score (nSPS) is 11.2. The zero-order chi connectivity index (χ0) is 22.5. The Hall–Kier alpha value is -3.41. The maximum absolute atomic E-state index is 12.2. The molecule has 0 saturated carbocycles. The number of nitrogens with zero attached hydrogens (tertiary/aromatic N) is 1. The highest BCUT2D eigenvalue weighted by atomic mass is 35.5. The molecule has 0 spiro atoms. The molecule has 0 aliphatic rings. The molecule has 5 nitrogen and oxygen atoms in total. The van der Waals surface area contributed by atoms with Gasteiger partial charge in [-0.1, -0.05) is 71.7 Å². The topological polar surface area (TPSA) is 70.6 Å². The summed E-state index contributed by atoms with van der Waals surface area (Å²) in [6.07, 6.45) is 1.64. The minimum absolute atomic E-state index is 0.00247. The second-order valence-corrected chi connectivity index (χ2v) is 8.04. The molecule has 0 aliphatic heterocycles. The summed E-state index contributed by atoms with van der Waals surface area (Å²) in [6, 6.07) is 23.0. The van der Waals surface area contributed by atoms with E-state index in [9.17, 15) is 9.59 Å². The van der Waals surface area contributed by atoms with Gasteiger partial charge in [-0.15, -0.1) is 0 Å². The van der Waals surface area contributed by atoms with Crippen LogP contribution in [-0.4, -0.2) is 18.0 Å². The molecule has 0 aliphatic carbocycles. The van der Waals surface area contributed by atoms with Gasteiger partial charge in [0.15, 0.2) is 0 Å². The first-order chi connectivity index (χ1) is 15.5. The Bertz CT molecular complexity index is 1300. The summed E-state index contributed by atoms with van der Waals surface area (Å²) in [5.41, 5.74) is 3.88. The molecule has 0 fully saturated rings. The molecule has 0 unspecified atom stereocenters. The number of nitrogens with one attached hydrogen (secondary N) is 2. The zero-order valence-corrected chi connectivity index (χ0v) is 18.5. The predicted octanol–water partition coefficient (Wildman–Crippen LogP) is 6.17. The summed E-state index contributed by atoms with van der Waals surface area (Å²) in [5, 5.41) is 11.9. The molecule has 2 amide bonds. The molecular weight excluding hydrogens is 445 g/mol. The highest BCUT2D eigenvalue weighted by molar-refractivity contribution is 6.36. The molecule has 7 heteroatoms. The van der Waals surface area contributed by atoms with E-state index in [2.05, 4.69) is 21.9 Å². The second-order valence-electron chi connectivity index (χ2n) is 7.20. The van der Waals surface area contributed by atoms with Crippen LogP contribution in [-0.2, 0) is 9.59 Å². The number of rotatable bonds is 6. The van der Waals surface area contributed by atoms with Gasteiger partial charge in [-0.2, -0.15) is 5.10 Å². The lowest BCUT2D eigenvalue weighted by Crippen LogP contribution is -2.20. The van der Waals surface area contributed by atoms with Gasteiger partial charge in [0, 0.05) is 23.4 Å². The van der Waals surface area contributed by atoms with E-state index in [1.54, 1.807) is 18.3 Å². The second kappa shape index (κ2) is 9.81. The van der Waals surface area contributed by atoms with Crippen molar-refractivity contribution >= 4 is 68.5 Å². The van der Waals surface area contributed by atoms with Crippen molar-refractivity contribution < 1.29 is 9.59 Å². The maximum atomic E-state index is 12.2. The average Bonchev–Trinajstić information content (AvgIpc) is 2.79. The van der Waals surface area contributed by atoms with Crippen LogP contribution in [0.2, 0.25) is 10.0 Å². The van der Waals surface area contributed by atoms with E-state index in [0.29, 0.717) is 15.7 Å². The van der Waals surface area contributed by atoms with E-state index in [4.69, 9.17) is 23.2 Å². The molecular formula is C25H19Cl2N3O2. The van der Waals surface area contributed by atoms with Crippen LogP contribution in [0.1, 0.15) is 18.4 Å². The highest BCUT2D eigenvalue weighted by Gasteiger charge is 2.10. The minimum Gasteiger partial charge on any atom is -0.325 e. The lowest BCUT2D eigenvalue weighted by Gasteiger charge is -2.08. The summed E-state index contributed by atoms with van der Waals surface area (Å²) >= 11 is 11.9. The standard InChI is InChI=1S/C25H19Cl2N3O2/c26-18-9-10-23(22(27)14-18)29-24(31)11-12-25(32)30-28-15-21-19-7-3-1-5-16(19)13-17-6-2-4-8-20(17)21/h1-10,13-15H,11-12H2,(H,29,31)(H,30,32). The number of carbonyl (C=O) groups excluding carboxylic acids is 2. The van der Waals surface area contributed by atoms with E-state index < -0.39 is 0 Å². The van der Waals surface area contributed by atoms with Crippen LogP contribution < -0.4 is 10.7 Å². The molecule has 0 saturated heterocycles. The third-order valence-corrected chi connectivity index (χ3v) is 5.53. The number of fused-ring (bicyclic) bond motifs is 2. The fourth-order valence-electron chi connectivity index (χ4n) is 3.44. The number of anilines is 1. The Morgan fingerprint density at radius 2 is 1.44 bits per heavy atom. The molecule has 0 bridgehead atoms. The van der Waals surface area contributed by atoms with Crippen LogP contribution >= 0.6 is 23.2 Å². The van der Waals surface area contributed by atoms with Crippen LogP contribution in [0.4, 0.5) is 5.69 Å². The zero-order valence-electron chi connectivity index (χ0n) is 16.9. The van der Waals surface area contributed by atoms with E-state index in [0.717, 1.165) is 27.1 Å². The molecule has 4 aromatic rings. The first-order valence-electron chi connectivity index (χ1n) is 9.98. The van der Waals surface area contributed by atoms with Crippen LogP contribution in [0.25, 0.3) is 21.5 Å². The van der Waals surface area contributed by atoms with Gasteiger partial charge in [-0.05, 0) is 45.8 Å². The van der Waals surface area contributed by atoms with Crippen molar-refractivity contribution in [3.8, 4) is 0 Å². The summed E-state index contributed by atoms with van der Waals surface area (Å²) in [7, 11) is 0. The molecule has 4 aromatic carbocycles. The number of benzene rings is 4. The smallest absolute Gasteiger partial charge is 0.240 e. The summed E-state index contributed by atoms with van der Waals surface area (Å²) < 4.78 is 0. The van der Waals surface area contributed by atoms with Gasteiger partial charge in [-0.25, -0.2) is 5.43 Å². The van der Waals surface area contributed by atoms with Crippen molar-refractivity contribution in [1.29, 1.82) is 0 Å². The van der Waals surface area contributed by atoms with Crippen LogP contribution in [0.5, 0.6) is 0 Å². The molecule has 0 aromatic heterocycles. The summed E-state index contributed by atoms with van der Waals surface area (Å²) in [4.78, 5) is 24.3. The Morgan fingerprint density at radius 3 is 2.09 bits per heavy atom. The fraction of sp³-hybridized carbons (Fsp3) is 0.0800. The van der Waals surface area contributed by atoms with Gasteiger partial charge in [0.1, 0.15) is 0 Å². The van der Waals surface area contributed by atoms with Gasteiger partial charge in [0.2, 0.25) is 11.8 Å². The lowest BCUT2D eigenvalue weighted by atomic mass is 9.97. The molecule has 0 atom stereocenters. The van der Waals surface area contributed by atoms with Crippen molar-refractivity contribution in [2.45, 2.75) is 12.8 Å². The molecule has 0 heterocycles. The van der Waals surface area contributed by atoms with Crippen molar-refractivity contribution in [3.63, 3.8) is 0 Å². The van der Waals surface area contributed by atoms with Gasteiger partial charge >= 0.3 is 0 Å². The number of amides is 2. The number of carbonyl (C=O) groups is 2. The molecule has 2 N–H and O–H groups in total. The molecule has 32 heavy (non-hydrogen) atoms. The molecule has 160 valence electrons. The predicted molar refractivity (Wildman–Crippen MR) is 132 cm³/mol. The SMILES string of the molecule is O=C(CCC(=O)Nc1ccc(Cl)cc1Cl)NN=Cc1c2ccccc2cc2ccccc12. The molecule has 0 radical (unpaired) electrons. The quantitative estimate of drug-likeness (QED) is 0.204. The first-order valence-corrected chi connectivity index (χ1v) is 10.7. The summed E-state index contributed by atoms with van der Waals surface area (Å²) in [6.45, 7) is 0. The largest absolute Gasteiger partial charge is 0.325 e. The summed E-state index contributed by atoms with van der Waals surface area (Å²) in [5.74, 6) is -0.684. The highest BCUT2D eigenvalue weighted by Crippen LogP contribution is 2.27.